The van der Waals surface area contributed by atoms with Gasteiger partial charge in [0.05, 0.1) is 0 Å². The number of hydrogen-bond acceptors (Lipinski definition) is 5. The van der Waals surface area contributed by atoms with Crippen LogP contribution in [-0.2, 0) is 6.42 Å². The summed E-state index contributed by atoms with van der Waals surface area (Å²) in [6.07, 6.45) is 1.77. The topological polar surface area (TPSA) is 70.7 Å². The number of aromatic nitrogens is 3. The number of pyridine rings is 1. The summed E-state index contributed by atoms with van der Waals surface area (Å²) in [5.74, 6) is 0.789. The van der Waals surface area contributed by atoms with Crippen molar-refractivity contribution in [2.45, 2.75) is 29.9 Å². The van der Waals surface area contributed by atoms with Crippen LogP contribution in [0, 0.1) is 0 Å². The van der Waals surface area contributed by atoms with Gasteiger partial charge in [-0.2, -0.15) is 0 Å². The van der Waals surface area contributed by atoms with Crippen molar-refractivity contribution in [3.8, 4) is 0 Å². The minimum Gasteiger partial charge on any atom is -0.373 e. The number of rotatable bonds is 5. The molecule has 0 aromatic carbocycles. The van der Waals surface area contributed by atoms with Gasteiger partial charge in [-0.1, -0.05) is 19.4 Å². The van der Waals surface area contributed by atoms with E-state index in [-0.39, 0.29) is 5.56 Å². The number of nitrogens with one attached hydrogen (secondary N) is 2. The molecular formula is C13H16N4OS. The van der Waals surface area contributed by atoms with Crippen molar-refractivity contribution < 1.29 is 0 Å². The van der Waals surface area contributed by atoms with E-state index in [1.807, 2.05) is 25.2 Å². The second-order valence-corrected chi connectivity index (χ2v) is 5.01. The second-order valence-electron chi connectivity index (χ2n) is 4.01. The zero-order chi connectivity index (χ0) is 13.7. The molecule has 0 spiro atoms. The third-order valence-corrected chi connectivity index (χ3v) is 3.28. The van der Waals surface area contributed by atoms with Gasteiger partial charge in [-0.25, -0.2) is 9.97 Å². The molecule has 19 heavy (non-hydrogen) atoms. The van der Waals surface area contributed by atoms with Gasteiger partial charge in [0.1, 0.15) is 10.8 Å². The predicted molar refractivity (Wildman–Crippen MR) is 76.8 cm³/mol. The highest BCUT2D eigenvalue weighted by Gasteiger charge is 2.05. The Morgan fingerprint density at radius 2 is 2.21 bits per heavy atom. The lowest BCUT2D eigenvalue weighted by Crippen LogP contribution is -2.09. The minimum absolute atomic E-state index is 0.120. The van der Waals surface area contributed by atoms with Crippen molar-refractivity contribution >= 4 is 17.6 Å². The van der Waals surface area contributed by atoms with Crippen LogP contribution >= 0.6 is 11.8 Å². The molecule has 100 valence electrons. The van der Waals surface area contributed by atoms with Crippen molar-refractivity contribution in [3.05, 3.63) is 40.3 Å². The standard InChI is InChI=1S/C13H16N4OS/c1-3-5-9-8-11(18)17-13(15-9)19-12-7-4-6-10(14-2)16-12/h4,6-8H,3,5H2,1-2H3,(H,14,16)(H,15,17,18). The molecule has 0 amide bonds. The molecule has 0 saturated carbocycles. The third kappa shape index (κ3) is 3.82. The summed E-state index contributed by atoms with van der Waals surface area (Å²) in [6, 6.07) is 7.23. The highest BCUT2D eigenvalue weighted by molar-refractivity contribution is 7.99. The second kappa shape index (κ2) is 6.38. The first kappa shape index (κ1) is 13.6. The fourth-order valence-electron chi connectivity index (χ4n) is 1.63. The van der Waals surface area contributed by atoms with Crippen LogP contribution in [-0.4, -0.2) is 22.0 Å². The monoisotopic (exact) mass is 276 g/mol. The molecule has 0 atom stereocenters. The summed E-state index contributed by atoms with van der Waals surface area (Å²) in [4.78, 5) is 23.1. The number of anilines is 1. The molecule has 0 radical (unpaired) electrons. The van der Waals surface area contributed by atoms with Gasteiger partial charge in [-0.3, -0.25) is 4.79 Å². The predicted octanol–water partition coefficient (Wildman–Crippen LogP) is 2.31. The van der Waals surface area contributed by atoms with Crippen LogP contribution in [0.5, 0.6) is 0 Å². The maximum Gasteiger partial charge on any atom is 0.251 e. The zero-order valence-electron chi connectivity index (χ0n) is 10.9. The van der Waals surface area contributed by atoms with Crippen LogP contribution < -0.4 is 10.9 Å². The lowest BCUT2D eigenvalue weighted by atomic mass is 10.2. The SMILES string of the molecule is CCCc1cc(=O)[nH]c(Sc2cccc(NC)n2)n1. The quantitative estimate of drug-likeness (QED) is 0.820. The molecule has 2 aromatic rings. The zero-order valence-corrected chi connectivity index (χ0v) is 11.8. The van der Waals surface area contributed by atoms with E-state index in [1.165, 1.54) is 11.8 Å². The van der Waals surface area contributed by atoms with E-state index in [1.54, 1.807) is 6.07 Å². The van der Waals surface area contributed by atoms with E-state index in [0.29, 0.717) is 5.16 Å². The molecular weight excluding hydrogens is 260 g/mol. The van der Waals surface area contributed by atoms with Gasteiger partial charge in [0.2, 0.25) is 0 Å². The number of nitrogens with zero attached hydrogens (tertiary/aromatic N) is 2. The Bertz CT molecular complexity index is 612. The number of H-pyrrole nitrogens is 1. The van der Waals surface area contributed by atoms with Crippen molar-refractivity contribution in [1.82, 2.24) is 15.0 Å². The van der Waals surface area contributed by atoms with E-state index in [2.05, 4.69) is 27.2 Å². The van der Waals surface area contributed by atoms with Crippen molar-refractivity contribution in [1.29, 1.82) is 0 Å². The van der Waals surface area contributed by atoms with Crippen LogP contribution in [0.2, 0.25) is 0 Å². The van der Waals surface area contributed by atoms with Gasteiger partial charge >= 0.3 is 0 Å². The fraction of sp³-hybridized carbons (Fsp3) is 0.308. The van der Waals surface area contributed by atoms with Crippen molar-refractivity contribution in [2.75, 3.05) is 12.4 Å². The van der Waals surface area contributed by atoms with Gasteiger partial charge in [0.15, 0.2) is 5.16 Å². The molecule has 0 aliphatic rings. The Labute approximate surface area is 115 Å². The Morgan fingerprint density at radius 1 is 1.37 bits per heavy atom. The highest BCUT2D eigenvalue weighted by Crippen LogP contribution is 2.23. The molecule has 0 aliphatic carbocycles. The summed E-state index contributed by atoms with van der Waals surface area (Å²) in [5.41, 5.74) is 0.698. The summed E-state index contributed by atoms with van der Waals surface area (Å²) < 4.78 is 0. The normalized spacial score (nSPS) is 10.4. The van der Waals surface area contributed by atoms with Gasteiger partial charge in [-0.05, 0) is 30.3 Å². The van der Waals surface area contributed by atoms with Gasteiger partial charge in [0.25, 0.3) is 5.56 Å². The summed E-state index contributed by atoms with van der Waals surface area (Å²) in [5, 5.41) is 4.35. The lowest BCUT2D eigenvalue weighted by molar-refractivity contribution is 0.815. The first-order chi connectivity index (χ1) is 9.21. The molecule has 0 unspecified atom stereocenters. The Balaban J connectivity index is 2.24. The van der Waals surface area contributed by atoms with E-state index in [9.17, 15) is 4.79 Å². The maximum absolute atomic E-state index is 11.6. The van der Waals surface area contributed by atoms with Crippen molar-refractivity contribution in [2.24, 2.45) is 0 Å². The smallest absolute Gasteiger partial charge is 0.251 e. The number of aryl methyl sites for hydroxylation is 1. The number of hydrogen-bond donors (Lipinski definition) is 2. The molecule has 2 rings (SSSR count). The maximum atomic E-state index is 11.6. The first-order valence-electron chi connectivity index (χ1n) is 6.14. The van der Waals surface area contributed by atoms with Gasteiger partial charge in [0, 0.05) is 18.8 Å². The third-order valence-electron chi connectivity index (χ3n) is 2.46. The number of aromatic amines is 1. The average molecular weight is 276 g/mol. The largest absolute Gasteiger partial charge is 0.373 e. The van der Waals surface area contributed by atoms with Crippen molar-refractivity contribution in [3.63, 3.8) is 0 Å². The molecule has 2 heterocycles. The van der Waals surface area contributed by atoms with Crippen LogP contribution in [0.3, 0.4) is 0 Å². The van der Waals surface area contributed by atoms with E-state index >= 15 is 0 Å². The molecule has 0 aliphatic heterocycles. The summed E-state index contributed by atoms with van der Waals surface area (Å²) in [7, 11) is 1.82. The van der Waals surface area contributed by atoms with E-state index in [0.717, 1.165) is 29.4 Å². The lowest BCUT2D eigenvalue weighted by Gasteiger charge is -2.04. The van der Waals surface area contributed by atoms with Crippen LogP contribution in [0.15, 0.2) is 39.2 Å². The molecule has 6 heteroatoms. The molecule has 2 aromatic heterocycles. The highest BCUT2D eigenvalue weighted by atomic mass is 32.2. The minimum atomic E-state index is -0.120. The molecule has 5 nitrogen and oxygen atoms in total. The fourth-order valence-corrected chi connectivity index (χ4v) is 2.43. The Morgan fingerprint density at radius 3 is 2.95 bits per heavy atom. The first-order valence-corrected chi connectivity index (χ1v) is 6.96. The molecule has 0 fully saturated rings. The van der Waals surface area contributed by atoms with E-state index in [4.69, 9.17) is 0 Å². The molecule has 2 N–H and O–H groups in total. The average Bonchev–Trinajstić information content (AvgIpc) is 2.38. The summed E-state index contributed by atoms with van der Waals surface area (Å²) >= 11 is 1.35. The Hall–Kier alpha value is -1.82. The van der Waals surface area contributed by atoms with Crippen LogP contribution in [0.1, 0.15) is 19.0 Å². The van der Waals surface area contributed by atoms with Gasteiger partial charge < -0.3 is 10.3 Å². The molecule has 0 saturated heterocycles. The van der Waals surface area contributed by atoms with Crippen LogP contribution in [0.4, 0.5) is 5.82 Å². The summed E-state index contributed by atoms with van der Waals surface area (Å²) in [6.45, 7) is 2.06. The van der Waals surface area contributed by atoms with E-state index < -0.39 is 0 Å². The Kier molecular flexibility index (Phi) is 4.57. The van der Waals surface area contributed by atoms with Crippen LogP contribution in [0.25, 0.3) is 0 Å². The van der Waals surface area contributed by atoms with Gasteiger partial charge in [-0.15, -0.1) is 0 Å². The molecule has 0 bridgehead atoms.